The average molecular weight is 338 g/mol. The van der Waals surface area contributed by atoms with Crippen molar-refractivity contribution in [2.24, 2.45) is 0 Å². The Morgan fingerprint density at radius 3 is 2.33 bits per heavy atom. The van der Waals surface area contributed by atoms with Gasteiger partial charge in [0.2, 0.25) is 0 Å². The van der Waals surface area contributed by atoms with E-state index in [2.05, 4.69) is 0 Å². The Bertz CT molecular complexity index is 599. The van der Waals surface area contributed by atoms with Crippen LogP contribution in [0.25, 0.3) is 0 Å². The fourth-order valence-electron chi connectivity index (χ4n) is 2.71. The number of carbonyl (C=O) groups excluding carboxylic acids is 2. The van der Waals surface area contributed by atoms with Gasteiger partial charge in [-0.2, -0.15) is 0 Å². The number of aliphatic hydroxyl groups excluding tert-OH is 2. The van der Waals surface area contributed by atoms with Gasteiger partial charge in [0.1, 0.15) is 24.9 Å². The molecule has 0 amide bonds. The number of esters is 2. The second kappa shape index (κ2) is 7.27. The average Bonchev–Trinajstić information content (AvgIpc) is 3.16. The number of hydrogen-bond acceptors (Lipinski definition) is 8. The van der Waals surface area contributed by atoms with E-state index in [0.717, 1.165) is 0 Å². The lowest BCUT2D eigenvalue weighted by Crippen LogP contribution is -2.34. The zero-order chi connectivity index (χ0) is 17.1. The van der Waals surface area contributed by atoms with Gasteiger partial charge in [0.25, 0.3) is 0 Å². The summed E-state index contributed by atoms with van der Waals surface area (Å²) in [5.41, 5.74) is 0.544. The molecule has 4 unspecified atom stereocenters. The van der Waals surface area contributed by atoms with Gasteiger partial charge in [-0.25, -0.2) is 9.59 Å². The Labute approximate surface area is 137 Å². The number of hydrogen-bond donors (Lipinski definition) is 2. The quantitative estimate of drug-likeness (QED) is 0.693. The van der Waals surface area contributed by atoms with Crippen LogP contribution in [0, 0.1) is 0 Å². The van der Waals surface area contributed by atoms with Gasteiger partial charge < -0.3 is 29.2 Å². The Balaban J connectivity index is 1.58. The van der Waals surface area contributed by atoms with Crippen molar-refractivity contribution in [1.82, 2.24) is 0 Å². The number of carbonyl (C=O) groups is 2. The lowest BCUT2D eigenvalue weighted by molar-refractivity contribution is -0.0209. The molecule has 130 valence electrons. The molecular weight excluding hydrogens is 320 g/mol. The number of rotatable bonds is 5. The van der Waals surface area contributed by atoms with Crippen LogP contribution in [-0.4, -0.2) is 73.0 Å². The molecule has 0 bridgehead atoms. The molecule has 0 aliphatic carbocycles. The van der Waals surface area contributed by atoms with Crippen LogP contribution >= 0.6 is 0 Å². The SMILES string of the molecule is O=C(OCCO)c1ccc(C(=O)OC2COC3C(O)COC23)cc1. The van der Waals surface area contributed by atoms with Crippen LogP contribution in [0.1, 0.15) is 20.7 Å². The maximum atomic E-state index is 12.2. The van der Waals surface area contributed by atoms with E-state index < -0.39 is 36.4 Å². The van der Waals surface area contributed by atoms with Crippen molar-refractivity contribution in [3.8, 4) is 0 Å². The summed E-state index contributed by atoms with van der Waals surface area (Å²) in [6.45, 7) is -0.00497. The van der Waals surface area contributed by atoms with Crippen LogP contribution in [0.15, 0.2) is 24.3 Å². The van der Waals surface area contributed by atoms with E-state index in [1.807, 2.05) is 0 Å². The first-order chi connectivity index (χ1) is 11.6. The molecule has 8 nitrogen and oxygen atoms in total. The third-order valence-corrected chi connectivity index (χ3v) is 3.92. The van der Waals surface area contributed by atoms with Gasteiger partial charge in [-0.1, -0.05) is 0 Å². The molecule has 2 fully saturated rings. The van der Waals surface area contributed by atoms with Crippen LogP contribution in [0.3, 0.4) is 0 Å². The molecule has 0 saturated carbocycles. The first-order valence-electron chi connectivity index (χ1n) is 7.60. The Morgan fingerprint density at radius 2 is 1.67 bits per heavy atom. The monoisotopic (exact) mass is 338 g/mol. The molecule has 2 aliphatic rings. The Kier molecular flexibility index (Phi) is 5.10. The van der Waals surface area contributed by atoms with Crippen molar-refractivity contribution in [3.63, 3.8) is 0 Å². The Morgan fingerprint density at radius 1 is 1.04 bits per heavy atom. The van der Waals surface area contributed by atoms with Crippen molar-refractivity contribution in [2.45, 2.75) is 24.4 Å². The first-order valence-corrected chi connectivity index (χ1v) is 7.60. The molecule has 1 aromatic carbocycles. The standard InChI is InChI=1S/C16H18O8/c17-5-6-21-15(19)9-1-3-10(4-2-9)16(20)24-12-8-23-13-11(18)7-22-14(12)13/h1-4,11-14,17-18H,5-8H2. The highest BCUT2D eigenvalue weighted by Gasteiger charge is 2.48. The third-order valence-electron chi connectivity index (χ3n) is 3.92. The molecule has 2 N–H and O–H groups in total. The van der Waals surface area contributed by atoms with Crippen molar-refractivity contribution < 1.29 is 38.7 Å². The van der Waals surface area contributed by atoms with E-state index in [0.29, 0.717) is 0 Å². The first kappa shape index (κ1) is 16.8. The highest BCUT2D eigenvalue weighted by Crippen LogP contribution is 2.29. The van der Waals surface area contributed by atoms with E-state index in [1.54, 1.807) is 0 Å². The predicted molar refractivity (Wildman–Crippen MR) is 78.5 cm³/mol. The van der Waals surface area contributed by atoms with Gasteiger partial charge in [0, 0.05) is 0 Å². The number of benzene rings is 1. The minimum Gasteiger partial charge on any atom is -0.460 e. The molecule has 0 spiro atoms. The van der Waals surface area contributed by atoms with Crippen molar-refractivity contribution in [1.29, 1.82) is 0 Å². The molecule has 0 aromatic heterocycles. The molecule has 2 saturated heterocycles. The largest absolute Gasteiger partial charge is 0.460 e. The maximum Gasteiger partial charge on any atom is 0.338 e. The molecular formula is C16H18O8. The minimum atomic E-state index is -0.706. The molecule has 8 heteroatoms. The molecule has 1 aromatic rings. The maximum absolute atomic E-state index is 12.2. The fraction of sp³-hybridized carbons (Fsp3) is 0.500. The topological polar surface area (TPSA) is 112 Å². The minimum absolute atomic E-state index is 0.0846. The molecule has 0 radical (unpaired) electrons. The van der Waals surface area contributed by atoms with Gasteiger partial charge in [0.05, 0.1) is 30.9 Å². The number of aliphatic hydroxyl groups is 2. The van der Waals surface area contributed by atoms with Crippen molar-refractivity contribution >= 4 is 11.9 Å². The van der Waals surface area contributed by atoms with Gasteiger partial charge in [-0.15, -0.1) is 0 Å². The summed E-state index contributed by atoms with van der Waals surface area (Å²) in [5, 5.41) is 18.3. The van der Waals surface area contributed by atoms with Gasteiger partial charge >= 0.3 is 11.9 Å². The van der Waals surface area contributed by atoms with E-state index >= 15 is 0 Å². The Hall–Kier alpha value is -2.00. The number of ether oxygens (including phenoxy) is 4. The fourth-order valence-corrected chi connectivity index (χ4v) is 2.71. The summed E-state index contributed by atoms with van der Waals surface area (Å²) in [4.78, 5) is 23.8. The molecule has 2 aliphatic heterocycles. The summed E-state index contributed by atoms with van der Waals surface area (Å²) in [5.74, 6) is -1.14. The molecule has 2 heterocycles. The summed E-state index contributed by atoms with van der Waals surface area (Å²) in [6, 6.07) is 5.80. The second-order valence-corrected chi connectivity index (χ2v) is 5.54. The normalized spacial score (nSPS) is 28.4. The smallest absolute Gasteiger partial charge is 0.338 e. The second-order valence-electron chi connectivity index (χ2n) is 5.54. The van der Waals surface area contributed by atoms with Crippen molar-refractivity contribution in [3.05, 3.63) is 35.4 Å². The van der Waals surface area contributed by atoms with E-state index in [-0.39, 0.29) is 37.6 Å². The van der Waals surface area contributed by atoms with Crippen LogP contribution in [-0.2, 0) is 18.9 Å². The lowest BCUT2D eigenvalue weighted by Gasteiger charge is -2.16. The summed E-state index contributed by atoms with van der Waals surface area (Å²) < 4.78 is 20.9. The molecule has 24 heavy (non-hydrogen) atoms. The van der Waals surface area contributed by atoms with Gasteiger partial charge in [-0.3, -0.25) is 0 Å². The van der Waals surface area contributed by atoms with Crippen LogP contribution in [0.2, 0.25) is 0 Å². The molecule has 4 atom stereocenters. The summed E-state index contributed by atoms with van der Waals surface area (Å²) >= 11 is 0. The van der Waals surface area contributed by atoms with E-state index in [9.17, 15) is 14.7 Å². The summed E-state index contributed by atoms with van der Waals surface area (Å²) in [7, 11) is 0. The highest BCUT2D eigenvalue weighted by molar-refractivity contribution is 5.93. The number of fused-ring (bicyclic) bond motifs is 1. The van der Waals surface area contributed by atoms with Crippen LogP contribution in [0.5, 0.6) is 0 Å². The molecule has 3 rings (SSSR count). The highest BCUT2D eigenvalue weighted by atomic mass is 16.6. The third kappa shape index (κ3) is 3.41. The van der Waals surface area contributed by atoms with Gasteiger partial charge in [0.15, 0.2) is 6.10 Å². The van der Waals surface area contributed by atoms with Crippen LogP contribution < -0.4 is 0 Å². The predicted octanol–water partition coefficient (Wildman–Crippen LogP) is -0.480. The van der Waals surface area contributed by atoms with Crippen LogP contribution in [0.4, 0.5) is 0 Å². The van der Waals surface area contributed by atoms with E-state index in [1.165, 1.54) is 24.3 Å². The van der Waals surface area contributed by atoms with Gasteiger partial charge in [-0.05, 0) is 24.3 Å². The van der Waals surface area contributed by atoms with E-state index in [4.69, 9.17) is 24.1 Å². The van der Waals surface area contributed by atoms with Crippen molar-refractivity contribution in [2.75, 3.05) is 26.4 Å². The lowest BCUT2D eigenvalue weighted by atomic mass is 10.1. The zero-order valence-corrected chi connectivity index (χ0v) is 12.8. The zero-order valence-electron chi connectivity index (χ0n) is 12.8. The summed E-state index contributed by atoms with van der Waals surface area (Å²) in [6.07, 6.45) is -2.21.